The van der Waals surface area contributed by atoms with Gasteiger partial charge in [-0.3, -0.25) is 4.79 Å². The zero-order valence-corrected chi connectivity index (χ0v) is 12.7. The minimum Gasteiger partial charge on any atom is -0.368 e. The van der Waals surface area contributed by atoms with Crippen LogP contribution >= 0.6 is 0 Å². The first-order valence-corrected chi connectivity index (χ1v) is 7.22. The molecule has 0 unspecified atom stereocenters. The third kappa shape index (κ3) is 5.57. The van der Waals surface area contributed by atoms with Gasteiger partial charge >= 0.3 is 0 Å². The van der Waals surface area contributed by atoms with Crippen molar-refractivity contribution in [3.63, 3.8) is 0 Å². The Labute approximate surface area is 121 Å². The average molecular weight is 278 g/mol. The van der Waals surface area contributed by atoms with Crippen LogP contribution in [0.5, 0.6) is 0 Å². The molecular formula is C15H26N4O. The molecule has 1 heterocycles. The fourth-order valence-corrected chi connectivity index (χ4v) is 2.11. The molecule has 0 atom stereocenters. The van der Waals surface area contributed by atoms with Gasteiger partial charge in [0.15, 0.2) is 0 Å². The van der Waals surface area contributed by atoms with Gasteiger partial charge < -0.3 is 16.0 Å². The molecule has 0 saturated heterocycles. The summed E-state index contributed by atoms with van der Waals surface area (Å²) in [4.78, 5) is 17.7. The quantitative estimate of drug-likeness (QED) is 0.672. The third-order valence-corrected chi connectivity index (χ3v) is 2.84. The summed E-state index contributed by atoms with van der Waals surface area (Å²) in [6.07, 6.45) is 2.85. The highest BCUT2D eigenvalue weighted by Gasteiger charge is 2.15. The molecule has 3 N–H and O–H groups in total. The Balaban J connectivity index is 2.90. The number of hydrogen-bond donors (Lipinski definition) is 2. The van der Waals surface area contributed by atoms with E-state index in [2.05, 4.69) is 31.1 Å². The number of carbonyl (C=O) groups is 1. The first-order chi connectivity index (χ1) is 9.54. The fraction of sp³-hybridized carbons (Fsp3) is 0.600. The number of hydrogen-bond acceptors (Lipinski definition) is 4. The van der Waals surface area contributed by atoms with E-state index in [1.165, 1.54) is 0 Å². The van der Waals surface area contributed by atoms with Crippen molar-refractivity contribution in [2.75, 3.05) is 24.5 Å². The van der Waals surface area contributed by atoms with Crippen LogP contribution < -0.4 is 16.0 Å². The second kappa shape index (κ2) is 8.53. The highest BCUT2D eigenvalue weighted by molar-refractivity contribution is 5.79. The van der Waals surface area contributed by atoms with E-state index in [0.29, 0.717) is 5.92 Å². The van der Waals surface area contributed by atoms with Gasteiger partial charge in [0.25, 0.3) is 0 Å². The lowest BCUT2D eigenvalue weighted by Gasteiger charge is -2.26. The van der Waals surface area contributed by atoms with Crippen LogP contribution in [0, 0.1) is 5.92 Å². The van der Waals surface area contributed by atoms with Gasteiger partial charge in [-0.05, 0) is 24.9 Å². The van der Waals surface area contributed by atoms with Crippen LogP contribution in [0.15, 0.2) is 18.3 Å². The van der Waals surface area contributed by atoms with E-state index in [0.717, 1.165) is 37.4 Å². The molecule has 1 rings (SSSR count). The van der Waals surface area contributed by atoms with Crippen LogP contribution in [0.2, 0.25) is 0 Å². The van der Waals surface area contributed by atoms with Crippen molar-refractivity contribution in [2.45, 2.75) is 33.7 Å². The van der Waals surface area contributed by atoms with E-state index >= 15 is 0 Å². The number of amides is 1. The lowest BCUT2D eigenvalue weighted by Crippen LogP contribution is -2.37. The Hall–Kier alpha value is -1.62. The largest absolute Gasteiger partial charge is 0.368 e. The molecule has 0 aromatic carbocycles. The van der Waals surface area contributed by atoms with Crippen LogP contribution in [0.4, 0.5) is 5.82 Å². The maximum atomic E-state index is 11.3. The normalized spacial score (nSPS) is 10.8. The predicted molar refractivity (Wildman–Crippen MR) is 82.5 cm³/mol. The predicted octanol–water partition coefficient (Wildman–Crippen LogP) is 1.53. The second-order valence-corrected chi connectivity index (χ2v) is 5.40. The van der Waals surface area contributed by atoms with Gasteiger partial charge in [-0.15, -0.1) is 0 Å². The number of carbonyl (C=O) groups excluding carboxylic acids is 1. The Morgan fingerprint density at radius 1 is 1.50 bits per heavy atom. The number of nitrogens with two attached hydrogens (primary N) is 1. The minimum absolute atomic E-state index is 0.204. The molecule has 0 bridgehead atoms. The SMILES string of the molecule is CCCNCc1cccnc1N(CC(N)=O)CC(C)C. The molecule has 0 aliphatic carbocycles. The number of primary amides is 1. The molecule has 0 spiro atoms. The van der Waals surface area contributed by atoms with Gasteiger partial charge in [-0.2, -0.15) is 0 Å². The zero-order valence-electron chi connectivity index (χ0n) is 12.7. The number of aromatic nitrogens is 1. The Bertz CT molecular complexity index is 420. The van der Waals surface area contributed by atoms with E-state index in [9.17, 15) is 4.79 Å². The maximum absolute atomic E-state index is 11.3. The first kappa shape index (κ1) is 16.4. The standard InChI is InChI=1S/C15H26N4O/c1-4-7-17-9-13-6-5-8-18-15(13)19(10-12(2)3)11-14(16)20/h5-6,8,12,17H,4,7,9-11H2,1-3H3,(H2,16,20). The third-order valence-electron chi connectivity index (χ3n) is 2.84. The number of anilines is 1. The van der Waals surface area contributed by atoms with Gasteiger partial charge in [0.05, 0.1) is 6.54 Å². The van der Waals surface area contributed by atoms with E-state index in [1.54, 1.807) is 6.20 Å². The van der Waals surface area contributed by atoms with Crippen LogP contribution in [0.25, 0.3) is 0 Å². The molecule has 5 heteroatoms. The highest BCUT2D eigenvalue weighted by Crippen LogP contribution is 2.18. The minimum atomic E-state index is -0.330. The van der Waals surface area contributed by atoms with Crippen molar-refractivity contribution in [1.82, 2.24) is 10.3 Å². The van der Waals surface area contributed by atoms with Crippen molar-refractivity contribution in [1.29, 1.82) is 0 Å². The summed E-state index contributed by atoms with van der Waals surface area (Å²) in [5, 5.41) is 3.37. The number of pyridine rings is 1. The lowest BCUT2D eigenvalue weighted by atomic mass is 10.1. The fourth-order valence-electron chi connectivity index (χ4n) is 2.11. The van der Waals surface area contributed by atoms with Crippen LogP contribution in [0.3, 0.4) is 0 Å². The van der Waals surface area contributed by atoms with Crippen molar-refractivity contribution < 1.29 is 4.79 Å². The maximum Gasteiger partial charge on any atom is 0.236 e. The summed E-state index contributed by atoms with van der Waals surface area (Å²) in [6, 6.07) is 3.96. The Kier molecular flexibility index (Phi) is 7.01. The summed E-state index contributed by atoms with van der Waals surface area (Å²) >= 11 is 0. The molecule has 20 heavy (non-hydrogen) atoms. The molecule has 112 valence electrons. The molecule has 1 aromatic heterocycles. The molecular weight excluding hydrogens is 252 g/mol. The molecule has 0 aliphatic heterocycles. The van der Waals surface area contributed by atoms with Crippen molar-refractivity contribution >= 4 is 11.7 Å². The lowest BCUT2D eigenvalue weighted by molar-refractivity contribution is -0.116. The number of nitrogens with one attached hydrogen (secondary N) is 1. The topological polar surface area (TPSA) is 71.2 Å². The van der Waals surface area contributed by atoms with E-state index in [-0.39, 0.29) is 12.5 Å². The number of rotatable bonds is 9. The summed E-state index contributed by atoms with van der Waals surface area (Å²) < 4.78 is 0. The average Bonchev–Trinajstić information content (AvgIpc) is 2.38. The summed E-state index contributed by atoms with van der Waals surface area (Å²) in [6.45, 7) is 9.06. The second-order valence-electron chi connectivity index (χ2n) is 5.40. The van der Waals surface area contributed by atoms with Gasteiger partial charge in [-0.1, -0.05) is 26.8 Å². The smallest absolute Gasteiger partial charge is 0.236 e. The first-order valence-electron chi connectivity index (χ1n) is 7.22. The summed E-state index contributed by atoms with van der Waals surface area (Å²) in [7, 11) is 0. The molecule has 0 saturated carbocycles. The van der Waals surface area contributed by atoms with Gasteiger partial charge in [0.1, 0.15) is 5.82 Å². The van der Waals surface area contributed by atoms with Crippen molar-refractivity contribution in [2.24, 2.45) is 11.7 Å². The van der Waals surface area contributed by atoms with Gasteiger partial charge in [-0.25, -0.2) is 4.98 Å². The van der Waals surface area contributed by atoms with Crippen molar-refractivity contribution in [3.05, 3.63) is 23.9 Å². The summed E-state index contributed by atoms with van der Waals surface area (Å²) in [5.41, 5.74) is 6.45. The van der Waals surface area contributed by atoms with Gasteiger partial charge in [0.2, 0.25) is 5.91 Å². The Morgan fingerprint density at radius 2 is 2.25 bits per heavy atom. The molecule has 0 fully saturated rings. The van der Waals surface area contributed by atoms with Crippen LogP contribution in [-0.4, -0.2) is 30.5 Å². The van der Waals surface area contributed by atoms with E-state index in [1.807, 2.05) is 17.0 Å². The molecule has 1 amide bonds. The number of nitrogens with zero attached hydrogens (tertiary/aromatic N) is 2. The van der Waals surface area contributed by atoms with Crippen molar-refractivity contribution in [3.8, 4) is 0 Å². The van der Waals surface area contributed by atoms with E-state index < -0.39 is 0 Å². The molecule has 0 radical (unpaired) electrons. The molecule has 5 nitrogen and oxygen atoms in total. The van der Waals surface area contributed by atoms with E-state index in [4.69, 9.17) is 5.73 Å². The highest BCUT2D eigenvalue weighted by atomic mass is 16.1. The molecule has 0 aliphatic rings. The molecule has 1 aromatic rings. The summed E-state index contributed by atoms with van der Waals surface area (Å²) in [5.74, 6) is 0.959. The van der Waals surface area contributed by atoms with Gasteiger partial charge in [0, 0.05) is 24.8 Å². The van der Waals surface area contributed by atoms with Crippen LogP contribution in [-0.2, 0) is 11.3 Å². The zero-order chi connectivity index (χ0) is 15.0. The monoisotopic (exact) mass is 278 g/mol. The Morgan fingerprint density at radius 3 is 2.85 bits per heavy atom. The van der Waals surface area contributed by atoms with Crippen LogP contribution in [0.1, 0.15) is 32.8 Å².